The molecule has 1 atom stereocenters. The molecule has 2 aliphatic heterocycles. The zero-order chi connectivity index (χ0) is 20.9. The molecule has 3 heterocycles. The molecule has 0 radical (unpaired) electrons. The Bertz CT molecular complexity index is 916. The summed E-state index contributed by atoms with van der Waals surface area (Å²) in [6.07, 6.45) is 6.25. The van der Waals surface area contributed by atoms with E-state index in [0.717, 1.165) is 37.7 Å². The number of likely N-dealkylation sites (tertiary alicyclic amines) is 1. The van der Waals surface area contributed by atoms with Gasteiger partial charge in [0, 0.05) is 18.5 Å². The highest BCUT2D eigenvalue weighted by Gasteiger charge is 2.34. The van der Waals surface area contributed by atoms with Crippen molar-refractivity contribution >= 4 is 28.3 Å². The Labute approximate surface area is 179 Å². The van der Waals surface area contributed by atoms with Gasteiger partial charge in [0.2, 0.25) is 23.7 Å². The highest BCUT2D eigenvalue weighted by Crippen LogP contribution is 2.37. The Hall–Kier alpha value is -2.68. The number of hydrogen-bond donors (Lipinski definition) is 1. The fourth-order valence-electron chi connectivity index (χ4n) is 3.79. The van der Waals surface area contributed by atoms with Crippen molar-refractivity contribution in [1.29, 1.82) is 0 Å². The van der Waals surface area contributed by atoms with Gasteiger partial charge in [0.15, 0.2) is 11.5 Å². The molecule has 0 spiro atoms. The molecule has 1 saturated heterocycles. The number of anilines is 1. The quantitative estimate of drug-likeness (QED) is 0.640. The first kappa shape index (κ1) is 20.6. The number of nitrogens with one attached hydrogen (secondary N) is 1. The predicted octanol–water partition coefficient (Wildman–Crippen LogP) is 3.83. The minimum absolute atomic E-state index is 0.0714. The van der Waals surface area contributed by atoms with Crippen LogP contribution in [0.3, 0.4) is 0 Å². The standard InChI is InChI=1S/C21H26N4O4S/c1-2-3-4-5-8-18(26)25-11-6-7-15(25)19(27)22-21-24-23-20(30-21)14-9-10-16-17(12-14)29-13-28-16/h9-10,12,15H,2-8,11,13H2,1H3,(H,22,24,27). The van der Waals surface area contributed by atoms with Gasteiger partial charge in [0.05, 0.1) is 0 Å². The molecule has 0 bridgehead atoms. The number of rotatable bonds is 8. The molecule has 1 aromatic carbocycles. The van der Waals surface area contributed by atoms with E-state index in [-0.39, 0.29) is 18.6 Å². The molecule has 0 saturated carbocycles. The Balaban J connectivity index is 1.36. The Morgan fingerprint density at radius 2 is 2.07 bits per heavy atom. The van der Waals surface area contributed by atoms with E-state index >= 15 is 0 Å². The van der Waals surface area contributed by atoms with Crippen molar-refractivity contribution in [2.45, 2.75) is 57.9 Å². The fraction of sp³-hybridized carbons (Fsp3) is 0.524. The summed E-state index contributed by atoms with van der Waals surface area (Å²) in [4.78, 5) is 27.1. The van der Waals surface area contributed by atoms with Crippen LogP contribution in [0.4, 0.5) is 5.13 Å². The monoisotopic (exact) mass is 430 g/mol. The number of carbonyl (C=O) groups excluding carboxylic acids is 2. The molecule has 2 amide bonds. The van der Waals surface area contributed by atoms with Gasteiger partial charge in [-0.2, -0.15) is 0 Å². The van der Waals surface area contributed by atoms with Crippen LogP contribution in [0.25, 0.3) is 10.6 Å². The van der Waals surface area contributed by atoms with Crippen molar-refractivity contribution in [2.24, 2.45) is 0 Å². The number of aromatic nitrogens is 2. The first-order valence-corrected chi connectivity index (χ1v) is 11.3. The van der Waals surface area contributed by atoms with E-state index in [1.807, 2.05) is 18.2 Å². The number of carbonyl (C=O) groups is 2. The van der Waals surface area contributed by atoms with Gasteiger partial charge in [0.1, 0.15) is 11.0 Å². The third-order valence-electron chi connectivity index (χ3n) is 5.39. The summed E-state index contributed by atoms with van der Waals surface area (Å²) >= 11 is 1.29. The molecule has 1 aromatic heterocycles. The van der Waals surface area contributed by atoms with Crippen molar-refractivity contribution in [3.05, 3.63) is 18.2 Å². The maximum atomic E-state index is 12.8. The topological polar surface area (TPSA) is 93.7 Å². The van der Waals surface area contributed by atoms with Gasteiger partial charge in [-0.25, -0.2) is 0 Å². The van der Waals surface area contributed by atoms with Crippen LogP contribution >= 0.6 is 11.3 Å². The van der Waals surface area contributed by atoms with Crippen LogP contribution in [0.5, 0.6) is 11.5 Å². The fourth-order valence-corrected chi connectivity index (χ4v) is 4.54. The summed E-state index contributed by atoms with van der Waals surface area (Å²) in [6, 6.07) is 5.14. The molecule has 0 aliphatic carbocycles. The van der Waals surface area contributed by atoms with E-state index in [1.165, 1.54) is 11.3 Å². The lowest BCUT2D eigenvalue weighted by molar-refractivity contribution is -0.136. The van der Waals surface area contributed by atoms with Crippen LogP contribution in [0, 0.1) is 0 Å². The SMILES string of the molecule is CCCCCCC(=O)N1CCCC1C(=O)Nc1nnc(-c2ccc3c(c2)OCO3)s1. The van der Waals surface area contributed by atoms with E-state index in [0.29, 0.717) is 41.0 Å². The van der Waals surface area contributed by atoms with Crippen LogP contribution < -0.4 is 14.8 Å². The van der Waals surface area contributed by atoms with Gasteiger partial charge in [-0.05, 0) is 37.5 Å². The molecule has 8 nitrogen and oxygen atoms in total. The normalized spacial score (nSPS) is 17.4. The molecule has 1 N–H and O–H groups in total. The molecular formula is C21H26N4O4S. The number of hydrogen-bond acceptors (Lipinski definition) is 7. The average molecular weight is 431 g/mol. The van der Waals surface area contributed by atoms with Crippen LogP contribution in [-0.4, -0.2) is 46.3 Å². The molecule has 160 valence electrons. The van der Waals surface area contributed by atoms with E-state index in [2.05, 4.69) is 22.4 Å². The lowest BCUT2D eigenvalue weighted by Crippen LogP contribution is -2.43. The summed E-state index contributed by atoms with van der Waals surface area (Å²) in [5, 5.41) is 12.2. The van der Waals surface area contributed by atoms with E-state index in [1.54, 1.807) is 4.90 Å². The molecule has 30 heavy (non-hydrogen) atoms. The highest BCUT2D eigenvalue weighted by molar-refractivity contribution is 7.18. The van der Waals surface area contributed by atoms with Crippen molar-refractivity contribution < 1.29 is 19.1 Å². The van der Waals surface area contributed by atoms with Gasteiger partial charge in [0.25, 0.3) is 0 Å². The average Bonchev–Trinajstić information content (AvgIpc) is 3.50. The van der Waals surface area contributed by atoms with E-state index in [4.69, 9.17) is 9.47 Å². The first-order valence-electron chi connectivity index (χ1n) is 10.5. The number of ether oxygens (including phenoxy) is 2. The first-order chi connectivity index (χ1) is 14.7. The molecule has 1 fully saturated rings. The highest BCUT2D eigenvalue weighted by atomic mass is 32.1. The van der Waals surface area contributed by atoms with Crippen LogP contribution in [0.15, 0.2) is 18.2 Å². The Morgan fingerprint density at radius 3 is 2.93 bits per heavy atom. The number of benzene rings is 1. The minimum atomic E-state index is -0.429. The molecule has 2 aliphatic rings. The summed E-state index contributed by atoms with van der Waals surface area (Å²) in [7, 11) is 0. The molecule has 2 aromatic rings. The van der Waals surface area contributed by atoms with Gasteiger partial charge in [-0.15, -0.1) is 10.2 Å². The third kappa shape index (κ3) is 4.56. The molecule has 9 heteroatoms. The van der Waals surface area contributed by atoms with Gasteiger partial charge < -0.3 is 14.4 Å². The number of nitrogens with zero attached hydrogens (tertiary/aromatic N) is 3. The Kier molecular flexibility index (Phi) is 6.47. The third-order valence-corrected chi connectivity index (χ3v) is 6.28. The van der Waals surface area contributed by atoms with Crippen molar-refractivity contribution in [3.63, 3.8) is 0 Å². The van der Waals surface area contributed by atoms with Crippen LogP contribution in [0.2, 0.25) is 0 Å². The van der Waals surface area contributed by atoms with Crippen LogP contribution in [0.1, 0.15) is 51.9 Å². The maximum absolute atomic E-state index is 12.8. The smallest absolute Gasteiger partial charge is 0.249 e. The zero-order valence-electron chi connectivity index (χ0n) is 17.1. The number of unbranched alkanes of at least 4 members (excludes halogenated alkanes) is 3. The summed E-state index contributed by atoms with van der Waals surface area (Å²) in [5.74, 6) is 1.26. The maximum Gasteiger partial charge on any atom is 0.249 e. The second-order valence-electron chi connectivity index (χ2n) is 7.53. The minimum Gasteiger partial charge on any atom is -0.454 e. The largest absolute Gasteiger partial charge is 0.454 e. The predicted molar refractivity (Wildman–Crippen MR) is 114 cm³/mol. The van der Waals surface area contributed by atoms with Gasteiger partial charge in [-0.3, -0.25) is 14.9 Å². The Morgan fingerprint density at radius 1 is 1.20 bits per heavy atom. The van der Waals surface area contributed by atoms with Gasteiger partial charge >= 0.3 is 0 Å². The lowest BCUT2D eigenvalue weighted by atomic mass is 10.1. The zero-order valence-corrected chi connectivity index (χ0v) is 17.9. The van der Waals surface area contributed by atoms with E-state index < -0.39 is 6.04 Å². The van der Waals surface area contributed by atoms with Gasteiger partial charge in [-0.1, -0.05) is 37.5 Å². The van der Waals surface area contributed by atoms with Crippen molar-refractivity contribution in [1.82, 2.24) is 15.1 Å². The van der Waals surface area contributed by atoms with Crippen molar-refractivity contribution in [3.8, 4) is 22.1 Å². The number of amides is 2. The lowest BCUT2D eigenvalue weighted by Gasteiger charge is -2.23. The van der Waals surface area contributed by atoms with Crippen LogP contribution in [-0.2, 0) is 9.59 Å². The second-order valence-corrected chi connectivity index (χ2v) is 8.50. The summed E-state index contributed by atoms with van der Waals surface area (Å²) in [6.45, 7) is 3.00. The van der Waals surface area contributed by atoms with Crippen molar-refractivity contribution in [2.75, 3.05) is 18.7 Å². The van der Waals surface area contributed by atoms with E-state index in [9.17, 15) is 9.59 Å². The molecular weight excluding hydrogens is 404 g/mol. The molecule has 4 rings (SSSR count). The molecule has 1 unspecified atom stereocenters. The second kappa shape index (κ2) is 9.42. The summed E-state index contributed by atoms with van der Waals surface area (Å²) < 4.78 is 10.7. The summed E-state index contributed by atoms with van der Waals surface area (Å²) in [5.41, 5.74) is 0.849. The number of fused-ring (bicyclic) bond motifs is 1.